The van der Waals surface area contributed by atoms with Crippen molar-refractivity contribution in [1.29, 1.82) is 0 Å². The standard InChI is InChI=1S/C16H25BrN2/c1-3-19(16-9-7-15(18)8-10-16)12(2)13-5-4-6-14(17)11-13/h4-6,11-12,15-16H,3,7-10,18H2,1-2H3. The molecule has 0 aromatic heterocycles. The first-order chi connectivity index (χ1) is 9.11. The first-order valence-electron chi connectivity index (χ1n) is 7.38. The summed E-state index contributed by atoms with van der Waals surface area (Å²) in [5.74, 6) is 0. The summed E-state index contributed by atoms with van der Waals surface area (Å²) in [4.78, 5) is 2.63. The molecule has 0 heterocycles. The fourth-order valence-corrected chi connectivity index (χ4v) is 3.66. The van der Waals surface area contributed by atoms with E-state index < -0.39 is 0 Å². The highest BCUT2D eigenvalue weighted by molar-refractivity contribution is 9.10. The summed E-state index contributed by atoms with van der Waals surface area (Å²) in [5.41, 5.74) is 7.42. The van der Waals surface area contributed by atoms with Crippen molar-refractivity contribution in [1.82, 2.24) is 4.90 Å². The van der Waals surface area contributed by atoms with Crippen molar-refractivity contribution in [3.63, 3.8) is 0 Å². The predicted octanol–water partition coefficient (Wildman–Crippen LogP) is 4.10. The second-order valence-electron chi connectivity index (χ2n) is 5.63. The smallest absolute Gasteiger partial charge is 0.0323 e. The lowest BCUT2D eigenvalue weighted by atomic mass is 9.89. The van der Waals surface area contributed by atoms with E-state index in [1.54, 1.807) is 0 Å². The van der Waals surface area contributed by atoms with Crippen molar-refractivity contribution in [3.8, 4) is 0 Å². The molecule has 1 unspecified atom stereocenters. The molecule has 19 heavy (non-hydrogen) atoms. The van der Waals surface area contributed by atoms with E-state index >= 15 is 0 Å². The molecule has 0 spiro atoms. The first kappa shape index (κ1) is 15.0. The molecular weight excluding hydrogens is 300 g/mol. The minimum atomic E-state index is 0.427. The van der Waals surface area contributed by atoms with Gasteiger partial charge in [0, 0.05) is 22.6 Å². The fraction of sp³-hybridized carbons (Fsp3) is 0.625. The van der Waals surface area contributed by atoms with Gasteiger partial charge >= 0.3 is 0 Å². The van der Waals surface area contributed by atoms with Crippen molar-refractivity contribution in [2.45, 2.75) is 57.7 Å². The fourth-order valence-electron chi connectivity index (χ4n) is 3.24. The lowest BCUT2D eigenvalue weighted by molar-refractivity contribution is 0.114. The van der Waals surface area contributed by atoms with Gasteiger partial charge in [-0.05, 0) is 56.8 Å². The monoisotopic (exact) mass is 324 g/mol. The predicted molar refractivity (Wildman–Crippen MR) is 85.2 cm³/mol. The molecule has 0 saturated heterocycles. The molecule has 0 bridgehead atoms. The highest BCUT2D eigenvalue weighted by atomic mass is 79.9. The largest absolute Gasteiger partial charge is 0.328 e. The molecule has 0 aliphatic heterocycles. The average molecular weight is 325 g/mol. The van der Waals surface area contributed by atoms with Crippen LogP contribution in [0.4, 0.5) is 0 Å². The zero-order valence-electron chi connectivity index (χ0n) is 12.0. The van der Waals surface area contributed by atoms with Crippen LogP contribution in [-0.2, 0) is 0 Å². The van der Waals surface area contributed by atoms with Gasteiger partial charge in [-0.3, -0.25) is 4.90 Å². The third-order valence-corrected chi connectivity index (χ3v) is 4.90. The molecule has 1 fully saturated rings. The molecule has 1 aromatic rings. The average Bonchev–Trinajstić information content (AvgIpc) is 2.41. The van der Waals surface area contributed by atoms with Crippen LogP contribution in [0.5, 0.6) is 0 Å². The number of nitrogens with two attached hydrogens (primary N) is 1. The van der Waals surface area contributed by atoms with Gasteiger partial charge in [-0.2, -0.15) is 0 Å². The van der Waals surface area contributed by atoms with Gasteiger partial charge in [0.1, 0.15) is 0 Å². The number of benzene rings is 1. The van der Waals surface area contributed by atoms with E-state index in [9.17, 15) is 0 Å². The van der Waals surface area contributed by atoms with Gasteiger partial charge < -0.3 is 5.73 Å². The second-order valence-corrected chi connectivity index (χ2v) is 6.55. The molecule has 1 aromatic carbocycles. The molecule has 106 valence electrons. The molecule has 2 rings (SSSR count). The van der Waals surface area contributed by atoms with Gasteiger partial charge in [-0.1, -0.05) is 35.0 Å². The van der Waals surface area contributed by atoms with E-state index in [-0.39, 0.29) is 0 Å². The van der Waals surface area contributed by atoms with E-state index in [0.29, 0.717) is 18.1 Å². The topological polar surface area (TPSA) is 29.3 Å². The molecule has 1 aliphatic rings. The number of hydrogen-bond donors (Lipinski definition) is 1. The summed E-state index contributed by atoms with van der Waals surface area (Å²) in [5, 5.41) is 0. The van der Waals surface area contributed by atoms with Crippen LogP contribution in [0.15, 0.2) is 28.7 Å². The molecule has 1 saturated carbocycles. The maximum Gasteiger partial charge on any atom is 0.0323 e. The molecule has 3 heteroatoms. The molecule has 0 amide bonds. The lowest BCUT2D eigenvalue weighted by Crippen LogP contribution is -2.42. The highest BCUT2D eigenvalue weighted by Crippen LogP contribution is 2.30. The molecule has 1 atom stereocenters. The number of halogens is 1. The van der Waals surface area contributed by atoms with Gasteiger partial charge in [-0.15, -0.1) is 0 Å². The highest BCUT2D eigenvalue weighted by Gasteiger charge is 2.27. The van der Waals surface area contributed by atoms with Gasteiger partial charge in [0.05, 0.1) is 0 Å². The minimum absolute atomic E-state index is 0.427. The molecular formula is C16H25BrN2. The lowest BCUT2D eigenvalue weighted by Gasteiger charge is -2.39. The number of hydrogen-bond acceptors (Lipinski definition) is 2. The van der Waals surface area contributed by atoms with Crippen molar-refractivity contribution in [2.24, 2.45) is 5.73 Å². The number of nitrogens with zero attached hydrogens (tertiary/aromatic N) is 1. The van der Waals surface area contributed by atoms with Gasteiger partial charge in [-0.25, -0.2) is 0 Å². The summed E-state index contributed by atoms with van der Waals surface area (Å²) in [6.45, 7) is 5.69. The Kier molecular flexibility index (Phi) is 5.43. The minimum Gasteiger partial charge on any atom is -0.328 e. The van der Waals surface area contributed by atoms with E-state index in [4.69, 9.17) is 5.73 Å². The van der Waals surface area contributed by atoms with Crippen LogP contribution in [0, 0.1) is 0 Å². The molecule has 2 N–H and O–H groups in total. The quantitative estimate of drug-likeness (QED) is 0.903. The Hall–Kier alpha value is -0.380. The zero-order valence-corrected chi connectivity index (χ0v) is 13.6. The van der Waals surface area contributed by atoms with Crippen molar-refractivity contribution in [2.75, 3.05) is 6.54 Å². The Bertz CT molecular complexity index is 399. The van der Waals surface area contributed by atoms with Crippen LogP contribution in [-0.4, -0.2) is 23.5 Å². The third kappa shape index (κ3) is 3.80. The second kappa shape index (κ2) is 6.87. The SMILES string of the molecule is CCN(C1CCC(N)CC1)C(C)c1cccc(Br)c1. The van der Waals surface area contributed by atoms with Crippen LogP contribution >= 0.6 is 15.9 Å². The van der Waals surface area contributed by atoms with Gasteiger partial charge in [0.25, 0.3) is 0 Å². The Morgan fingerprint density at radius 3 is 2.58 bits per heavy atom. The zero-order chi connectivity index (χ0) is 13.8. The van der Waals surface area contributed by atoms with Crippen molar-refractivity contribution < 1.29 is 0 Å². The number of rotatable bonds is 4. The molecule has 1 aliphatic carbocycles. The van der Waals surface area contributed by atoms with E-state index in [1.165, 1.54) is 35.7 Å². The van der Waals surface area contributed by atoms with Crippen molar-refractivity contribution >= 4 is 15.9 Å². The van der Waals surface area contributed by atoms with E-state index in [1.807, 2.05) is 0 Å². The first-order valence-corrected chi connectivity index (χ1v) is 8.18. The summed E-state index contributed by atoms with van der Waals surface area (Å²) >= 11 is 3.57. The van der Waals surface area contributed by atoms with E-state index in [0.717, 1.165) is 6.54 Å². The van der Waals surface area contributed by atoms with Crippen LogP contribution in [0.3, 0.4) is 0 Å². The van der Waals surface area contributed by atoms with Crippen LogP contribution in [0.25, 0.3) is 0 Å². The van der Waals surface area contributed by atoms with Gasteiger partial charge in [0.15, 0.2) is 0 Å². The summed E-state index contributed by atoms with van der Waals surface area (Å²) in [6.07, 6.45) is 4.83. The Morgan fingerprint density at radius 1 is 1.32 bits per heavy atom. The normalized spacial score (nSPS) is 25.5. The van der Waals surface area contributed by atoms with Crippen LogP contribution in [0.2, 0.25) is 0 Å². The van der Waals surface area contributed by atoms with Crippen LogP contribution in [0.1, 0.15) is 51.1 Å². The summed E-state index contributed by atoms with van der Waals surface area (Å²) < 4.78 is 1.17. The Morgan fingerprint density at radius 2 is 2.00 bits per heavy atom. The van der Waals surface area contributed by atoms with E-state index in [2.05, 4.69) is 58.9 Å². The molecule has 2 nitrogen and oxygen atoms in total. The summed E-state index contributed by atoms with van der Waals surface area (Å²) in [7, 11) is 0. The Balaban J connectivity index is 2.08. The van der Waals surface area contributed by atoms with Crippen molar-refractivity contribution in [3.05, 3.63) is 34.3 Å². The summed E-state index contributed by atoms with van der Waals surface area (Å²) in [6, 6.07) is 10.3. The van der Waals surface area contributed by atoms with Crippen LogP contribution < -0.4 is 5.73 Å². The third-order valence-electron chi connectivity index (χ3n) is 4.40. The van der Waals surface area contributed by atoms with Gasteiger partial charge in [0.2, 0.25) is 0 Å². The maximum absolute atomic E-state index is 6.02. The maximum atomic E-state index is 6.02. The molecule has 0 radical (unpaired) electrons. The Labute approximate surface area is 125 Å².